The molecule has 1 nitrogen and oxygen atoms in total. The van der Waals surface area contributed by atoms with Gasteiger partial charge in [0.25, 0.3) is 0 Å². The van der Waals surface area contributed by atoms with Crippen LogP contribution >= 0.6 is 23.2 Å². The largest absolute Gasteiger partial charge is 1.00 e. The highest BCUT2D eigenvalue weighted by atomic mass is 35.5. The van der Waals surface area contributed by atoms with Gasteiger partial charge in [0.05, 0.1) is 30.7 Å². The molecule has 0 radical (unpaired) electrons. The third-order valence-electron chi connectivity index (χ3n) is 6.25. The Kier molecular flexibility index (Phi) is 19.5. The van der Waals surface area contributed by atoms with Crippen LogP contribution < -0.4 is 12.4 Å². The Morgan fingerprint density at radius 2 is 1.06 bits per heavy atom. The Morgan fingerprint density at radius 1 is 0.645 bits per heavy atom. The number of hydrogen-bond donors (Lipinski definition) is 0. The minimum atomic E-state index is 0. The van der Waals surface area contributed by atoms with Gasteiger partial charge in [-0.1, -0.05) is 132 Å². The molecule has 1 aromatic rings. The van der Waals surface area contributed by atoms with Gasteiger partial charge in [0.15, 0.2) is 0 Å². The van der Waals surface area contributed by atoms with E-state index in [2.05, 4.69) is 27.1 Å². The van der Waals surface area contributed by atoms with E-state index in [-0.39, 0.29) is 12.4 Å². The van der Waals surface area contributed by atoms with Gasteiger partial charge in [-0.25, -0.2) is 0 Å². The van der Waals surface area contributed by atoms with E-state index in [4.69, 9.17) is 23.2 Å². The first-order chi connectivity index (χ1) is 14.5. The Balaban J connectivity index is 0.00000900. The van der Waals surface area contributed by atoms with E-state index in [0.717, 1.165) is 21.6 Å². The van der Waals surface area contributed by atoms with Crippen molar-refractivity contribution in [2.75, 3.05) is 20.6 Å². The van der Waals surface area contributed by atoms with Gasteiger partial charge < -0.3 is 16.9 Å². The van der Waals surface area contributed by atoms with Crippen molar-refractivity contribution in [2.24, 2.45) is 0 Å². The summed E-state index contributed by atoms with van der Waals surface area (Å²) in [6.07, 6.45) is 22.7. The van der Waals surface area contributed by atoms with Crippen LogP contribution in [0.1, 0.15) is 115 Å². The van der Waals surface area contributed by atoms with Crippen LogP contribution in [0.4, 0.5) is 0 Å². The van der Waals surface area contributed by atoms with Crippen molar-refractivity contribution in [3.8, 4) is 0 Å². The van der Waals surface area contributed by atoms with Crippen molar-refractivity contribution < 1.29 is 16.9 Å². The SMILES string of the molecule is CCCCCCCCCCCCCCCCCC[N+](C)(C)Cc1cccc(Cl)c1Cl.[Cl-]. The summed E-state index contributed by atoms with van der Waals surface area (Å²) < 4.78 is 0.971. The summed E-state index contributed by atoms with van der Waals surface area (Å²) in [7, 11) is 4.59. The smallest absolute Gasteiger partial charge is 0.105 e. The first-order valence-corrected chi connectivity index (χ1v) is 13.5. The Hall–Kier alpha value is 0.0500. The maximum Gasteiger partial charge on any atom is 0.105 e. The highest BCUT2D eigenvalue weighted by Crippen LogP contribution is 2.27. The van der Waals surface area contributed by atoms with Crippen molar-refractivity contribution in [3.05, 3.63) is 33.8 Å². The molecule has 31 heavy (non-hydrogen) atoms. The average Bonchev–Trinajstić information content (AvgIpc) is 2.71. The van der Waals surface area contributed by atoms with E-state index >= 15 is 0 Å². The van der Waals surface area contributed by atoms with E-state index in [0.29, 0.717) is 5.02 Å². The van der Waals surface area contributed by atoms with Crippen molar-refractivity contribution in [2.45, 2.75) is 116 Å². The summed E-state index contributed by atoms with van der Waals surface area (Å²) in [4.78, 5) is 0. The highest BCUT2D eigenvalue weighted by Gasteiger charge is 2.18. The average molecular weight is 493 g/mol. The van der Waals surface area contributed by atoms with Crippen LogP contribution in [0.3, 0.4) is 0 Å². The van der Waals surface area contributed by atoms with Crippen molar-refractivity contribution >= 4 is 23.2 Å². The second-order valence-electron chi connectivity index (χ2n) is 9.83. The molecule has 0 aromatic heterocycles. The molecule has 0 saturated carbocycles. The van der Waals surface area contributed by atoms with Crippen LogP contribution in [-0.2, 0) is 6.54 Å². The zero-order valence-electron chi connectivity index (χ0n) is 20.5. The molecule has 0 heterocycles. The Morgan fingerprint density at radius 3 is 1.52 bits per heavy atom. The van der Waals surface area contributed by atoms with Crippen LogP contribution in [0.25, 0.3) is 0 Å². The molecular formula is C27H48Cl3N. The minimum absolute atomic E-state index is 0. The summed E-state index contributed by atoms with van der Waals surface area (Å²) in [6, 6.07) is 5.96. The van der Waals surface area contributed by atoms with Gasteiger partial charge in [0, 0.05) is 5.56 Å². The number of rotatable bonds is 19. The topological polar surface area (TPSA) is 0 Å². The molecule has 182 valence electrons. The molecule has 0 saturated heterocycles. The minimum Gasteiger partial charge on any atom is -1.00 e. The molecule has 1 aromatic carbocycles. The lowest BCUT2D eigenvalue weighted by Crippen LogP contribution is -3.00. The van der Waals surface area contributed by atoms with Gasteiger partial charge >= 0.3 is 0 Å². The summed E-state index contributed by atoms with van der Waals surface area (Å²) in [5, 5.41) is 1.38. The molecule has 0 spiro atoms. The number of quaternary nitrogens is 1. The van der Waals surface area contributed by atoms with Gasteiger partial charge in [-0.15, -0.1) is 0 Å². The predicted octanol–water partition coefficient (Wildman–Crippen LogP) is 6.84. The Labute approximate surface area is 210 Å². The molecule has 0 bridgehead atoms. The maximum absolute atomic E-state index is 6.36. The zero-order valence-corrected chi connectivity index (χ0v) is 22.8. The number of halogens is 3. The monoisotopic (exact) mass is 491 g/mol. The predicted molar refractivity (Wildman–Crippen MR) is 137 cm³/mol. The molecular weight excluding hydrogens is 445 g/mol. The third-order valence-corrected chi connectivity index (χ3v) is 7.10. The molecule has 4 heteroatoms. The second kappa shape index (κ2) is 19.5. The fourth-order valence-corrected chi connectivity index (χ4v) is 4.68. The molecule has 0 N–H and O–H groups in total. The first-order valence-electron chi connectivity index (χ1n) is 12.7. The van der Waals surface area contributed by atoms with Gasteiger partial charge in [0.2, 0.25) is 0 Å². The van der Waals surface area contributed by atoms with Gasteiger partial charge in [0.1, 0.15) is 6.54 Å². The van der Waals surface area contributed by atoms with Crippen LogP contribution in [0.15, 0.2) is 18.2 Å². The van der Waals surface area contributed by atoms with Crippen LogP contribution in [0.2, 0.25) is 10.0 Å². The van der Waals surface area contributed by atoms with Gasteiger partial charge in [-0.3, -0.25) is 0 Å². The van der Waals surface area contributed by atoms with Crippen LogP contribution in [-0.4, -0.2) is 25.1 Å². The lowest BCUT2D eigenvalue weighted by Gasteiger charge is -2.30. The zero-order chi connectivity index (χ0) is 22.1. The number of nitrogens with zero attached hydrogens (tertiary/aromatic N) is 1. The first kappa shape index (κ1) is 31.0. The number of unbranched alkanes of at least 4 members (excludes halogenated alkanes) is 15. The third kappa shape index (κ3) is 16.3. The van der Waals surface area contributed by atoms with E-state index in [1.54, 1.807) is 0 Å². The van der Waals surface area contributed by atoms with Crippen molar-refractivity contribution in [3.63, 3.8) is 0 Å². The molecule has 0 fully saturated rings. The van der Waals surface area contributed by atoms with Crippen LogP contribution in [0, 0.1) is 0 Å². The number of benzene rings is 1. The normalized spacial score (nSPS) is 11.5. The van der Waals surface area contributed by atoms with Crippen LogP contribution in [0.5, 0.6) is 0 Å². The molecule has 0 aliphatic carbocycles. The molecule has 0 atom stereocenters. The summed E-state index contributed by atoms with van der Waals surface area (Å²) in [5.74, 6) is 0. The van der Waals surface area contributed by atoms with Gasteiger partial charge in [-0.2, -0.15) is 0 Å². The fourth-order valence-electron chi connectivity index (χ4n) is 4.30. The van der Waals surface area contributed by atoms with E-state index in [9.17, 15) is 0 Å². The lowest BCUT2D eigenvalue weighted by atomic mass is 10.0. The molecule has 1 rings (SSSR count). The van der Waals surface area contributed by atoms with Crippen molar-refractivity contribution in [1.29, 1.82) is 0 Å². The molecule has 0 aliphatic rings. The van der Waals surface area contributed by atoms with E-state index in [1.165, 1.54) is 109 Å². The summed E-state index contributed by atoms with van der Waals surface area (Å²) in [6.45, 7) is 4.43. The summed E-state index contributed by atoms with van der Waals surface area (Å²) >= 11 is 12.5. The Bertz CT molecular complexity index is 545. The quantitative estimate of drug-likeness (QED) is 0.146. The molecule has 0 unspecified atom stereocenters. The maximum atomic E-state index is 6.36. The molecule has 0 amide bonds. The van der Waals surface area contributed by atoms with Crippen molar-refractivity contribution in [1.82, 2.24) is 0 Å². The second-order valence-corrected chi connectivity index (χ2v) is 10.6. The highest BCUT2D eigenvalue weighted by molar-refractivity contribution is 6.42. The fraction of sp³-hybridized carbons (Fsp3) is 0.778. The number of hydrogen-bond acceptors (Lipinski definition) is 0. The summed E-state index contributed by atoms with van der Waals surface area (Å²) in [5.41, 5.74) is 1.16. The van der Waals surface area contributed by atoms with E-state index < -0.39 is 0 Å². The lowest BCUT2D eigenvalue weighted by molar-refractivity contribution is -0.903. The van der Waals surface area contributed by atoms with E-state index in [1.807, 2.05) is 12.1 Å². The molecule has 0 aliphatic heterocycles. The van der Waals surface area contributed by atoms with Gasteiger partial charge in [-0.05, 0) is 18.9 Å². The standard InChI is InChI=1S/C27H48Cl2N.ClH/c1-4-5-6-7-8-9-10-11-12-13-14-15-16-17-18-19-23-30(2,3)24-25-21-20-22-26(28)27(25)29;/h20-22H,4-19,23-24H2,1-3H3;1H/q+1;/p-1.